The van der Waals surface area contributed by atoms with E-state index < -0.39 is 47.6 Å². The number of aliphatic hydroxyl groups is 4. The normalized spacial score (nSPS) is 32.7. The van der Waals surface area contributed by atoms with Crippen LogP contribution in [0.5, 0.6) is 0 Å². The van der Waals surface area contributed by atoms with Crippen LogP contribution >= 0.6 is 11.8 Å². The van der Waals surface area contributed by atoms with Gasteiger partial charge >= 0.3 is 6.09 Å². The number of thioether (sulfide) groups is 1. The van der Waals surface area contributed by atoms with E-state index >= 15 is 0 Å². The molecule has 2 aliphatic heterocycles. The van der Waals surface area contributed by atoms with Crippen LogP contribution in [0.3, 0.4) is 0 Å². The minimum Gasteiger partial charge on any atom is -0.444 e. The van der Waals surface area contributed by atoms with E-state index in [1.165, 1.54) is 16.7 Å². The second-order valence-corrected chi connectivity index (χ2v) is 11.7. The lowest BCUT2D eigenvalue weighted by Crippen LogP contribution is -2.57. The standard InChI is InChI=1S/C24H44N2O8S/c1-14(11-17-18(28)19(29)20(30)22(33-17)35-5)13-25-21(31)16-12-15(7-6-10-27)8-9-26(16)23(32)34-24(2,3)4/h14-20,22,27-30H,6-13H2,1-5H3,(H,25,31). The van der Waals surface area contributed by atoms with Crippen molar-refractivity contribution >= 4 is 23.8 Å². The summed E-state index contributed by atoms with van der Waals surface area (Å²) in [7, 11) is 0. The van der Waals surface area contributed by atoms with E-state index in [4.69, 9.17) is 9.47 Å². The number of nitrogens with one attached hydrogen (secondary N) is 1. The minimum atomic E-state index is -1.30. The number of rotatable bonds is 9. The highest BCUT2D eigenvalue weighted by Crippen LogP contribution is 2.31. The molecule has 2 amide bonds. The number of nitrogens with zero attached hydrogens (tertiary/aromatic N) is 1. The van der Waals surface area contributed by atoms with Crippen molar-refractivity contribution in [3.05, 3.63) is 0 Å². The molecule has 0 saturated carbocycles. The van der Waals surface area contributed by atoms with Crippen molar-refractivity contribution in [1.82, 2.24) is 10.2 Å². The van der Waals surface area contributed by atoms with Gasteiger partial charge in [-0.05, 0) is 71.0 Å². The summed E-state index contributed by atoms with van der Waals surface area (Å²) in [6.07, 6.45) is -0.0397. The van der Waals surface area contributed by atoms with Gasteiger partial charge in [-0.15, -0.1) is 11.8 Å². The second kappa shape index (κ2) is 13.4. The molecule has 0 radical (unpaired) electrons. The van der Waals surface area contributed by atoms with Crippen molar-refractivity contribution in [2.24, 2.45) is 11.8 Å². The van der Waals surface area contributed by atoms with Gasteiger partial charge in [-0.1, -0.05) is 6.92 Å². The van der Waals surface area contributed by atoms with Gasteiger partial charge in [0.1, 0.15) is 35.4 Å². The van der Waals surface area contributed by atoms with Crippen molar-refractivity contribution in [3.63, 3.8) is 0 Å². The Morgan fingerprint density at radius 1 is 1.20 bits per heavy atom. The Hall–Kier alpha value is -1.11. The molecule has 2 aliphatic rings. The van der Waals surface area contributed by atoms with Crippen LogP contribution in [-0.2, 0) is 14.3 Å². The van der Waals surface area contributed by atoms with Gasteiger partial charge in [0, 0.05) is 19.7 Å². The fourth-order valence-corrected chi connectivity index (χ4v) is 5.34. The Morgan fingerprint density at radius 2 is 1.89 bits per heavy atom. The van der Waals surface area contributed by atoms with Gasteiger partial charge in [0.2, 0.25) is 5.91 Å². The fraction of sp³-hybridized carbons (Fsp3) is 0.917. The molecule has 10 nitrogen and oxygen atoms in total. The van der Waals surface area contributed by atoms with E-state index in [1.807, 2.05) is 6.92 Å². The van der Waals surface area contributed by atoms with Crippen LogP contribution in [0.25, 0.3) is 0 Å². The summed E-state index contributed by atoms with van der Waals surface area (Å²) in [5.41, 5.74) is -1.31. The van der Waals surface area contributed by atoms with Crippen molar-refractivity contribution in [3.8, 4) is 0 Å². The summed E-state index contributed by atoms with van der Waals surface area (Å²) in [5.74, 6) is -0.123. The summed E-state index contributed by atoms with van der Waals surface area (Å²) in [6, 6.07) is -0.663. The molecule has 2 fully saturated rings. The van der Waals surface area contributed by atoms with Crippen LogP contribution in [0.15, 0.2) is 0 Å². The average Bonchev–Trinajstić information content (AvgIpc) is 2.80. The highest BCUT2D eigenvalue weighted by atomic mass is 32.2. The molecule has 11 heteroatoms. The number of carbonyl (C=O) groups excluding carboxylic acids is 2. The van der Waals surface area contributed by atoms with Gasteiger partial charge in [0.05, 0.1) is 6.10 Å². The molecule has 2 rings (SSSR count). The molecule has 0 aromatic carbocycles. The third kappa shape index (κ3) is 8.75. The van der Waals surface area contributed by atoms with Crippen LogP contribution in [-0.4, -0.2) is 105 Å². The van der Waals surface area contributed by atoms with Gasteiger partial charge in [-0.3, -0.25) is 9.69 Å². The van der Waals surface area contributed by atoms with E-state index in [0.717, 1.165) is 12.8 Å². The quantitative estimate of drug-likeness (QED) is 0.301. The van der Waals surface area contributed by atoms with Crippen LogP contribution in [0.2, 0.25) is 0 Å². The van der Waals surface area contributed by atoms with Gasteiger partial charge in [0.25, 0.3) is 0 Å². The molecule has 0 aliphatic carbocycles. The Balaban J connectivity index is 1.98. The molecule has 35 heavy (non-hydrogen) atoms. The maximum absolute atomic E-state index is 13.2. The van der Waals surface area contributed by atoms with Crippen LogP contribution in [0.1, 0.15) is 59.8 Å². The van der Waals surface area contributed by atoms with Crippen molar-refractivity contribution < 1.29 is 39.5 Å². The average molecular weight is 521 g/mol. The second-order valence-electron chi connectivity index (χ2n) is 10.8. The smallest absolute Gasteiger partial charge is 0.410 e. The zero-order chi connectivity index (χ0) is 26.3. The topological polar surface area (TPSA) is 149 Å². The third-order valence-corrected chi connectivity index (χ3v) is 7.43. The van der Waals surface area contributed by atoms with Crippen molar-refractivity contribution in [2.75, 3.05) is 26.0 Å². The molecule has 8 atom stereocenters. The van der Waals surface area contributed by atoms with Gasteiger partial charge in [-0.2, -0.15) is 0 Å². The highest BCUT2D eigenvalue weighted by molar-refractivity contribution is 7.99. The fourth-order valence-electron chi connectivity index (χ4n) is 4.65. The monoisotopic (exact) mass is 520 g/mol. The molecule has 5 N–H and O–H groups in total. The molecule has 2 saturated heterocycles. The van der Waals surface area contributed by atoms with Crippen LogP contribution in [0.4, 0.5) is 4.79 Å². The summed E-state index contributed by atoms with van der Waals surface area (Å²) in [6.45, 7) is 8.07. The molecule has 0 bridgehead atoms. The lowest BCUT2D eigenvalue weighted by Gasteiger charge is -2.41. The van der Waals surface area contributed by atoms with E-state index in [1.54, 1.807) is 27.0 Å². The third-order valence-electron chi connectivity index (χ3n) is 6.57. The molecule has 0 spiro atoms. The zero-order valence-electron chi connectivity index (χ0n) is 21.6. The van der Waals surface area contributed by atoms with E-state index in [9.17, 15) is 30.0 Å². The highest BCUT2D eigenvalue weighted by Gasteiger charge is 2.44. The molecule has 204 valence electrons. The summed E-state index contributed by atoms with van der Waals surface area (Å²) in [5, 5.41) is 42.6. The lowest BCUT2D eigenvalue weighted by molar-refractivity contribution is -0.201. The molecule has 2 heterocycles. The predicted octanol–water partition coefficient (Wildman–Crippen LogP) is 1.09. The Morgan fingerprint density at radius 3 is 2.49 bits per heavy atom. The summed E-state index contributed by atoms with van der Waals surface area (Å²) in [4.78, 5) is 27.5. The van der Waals surface area contributed by atoms with E-state index in [0.29, 0.717) is 32.4 Å². The Bertz CT molecular complexity index is 689. The van der Waals surface area contributed by atoms with Crippen LogP contribution in [0, 0.1) is 11.8 Å². The number of carbonyl (C=O) groups is 2. The van der Waals surface area contributed by atoms with Gasteiger partial charge < -0.3 is 35.2 Å². The molecule has 0 aromatic rings. The predicted molar refractivity (Wildman–Crippen MR) is 133 cm³/mol. The number of hydrogen-bond donors (Lipinski definition) is 5. The Kier molecular flexibility index (Phi) is 11.6. The number of aliphatic hydroxyl groups excluding tert-OH is 4. The van der Waals surface area contributed by atoms with Gasteiger partial charge in [0.15, 0.2) is 0 Å². The number of likely N-dealkylation sites (tertiary alicyclic amines) is 1. The molecular formula is C24H44N2O8S. The number of piperidine rings is 1. The lowest BCUT2D eigenvalue weighted by atomic mass is 9.87. The summed E-state index contributed by atoms with van der Waals surface area (Å²) >= 11 is 1.26. The molecular weight excluding hydrogens is 476 g/mol. The number of amides is 2. The zero-order valence-corrected chi connectivity index (χ0v) is 22.4. The van der Waals surface area contributed by atoms with Crippen molar-refractivity contribution in [2.45, 2.75) is 101 Å². The first-order chi connectivity index (χ1) is 16.4. The molecule has 8 unspecified atom stereocenters. The first-order valence-electron chi connectivity index (χ1n) is 12.5. The SMILES string of the molecule is CSC1OC(CC(C)CNC(=O)C2CC(CCCO)CCN2C(=O)OC(C)(C)C)C(O)C(O)C1O. The first kappa shape index (κ1) is 30.1. The van der Waals surface area contributed by atoms with Crippen LogP contribution < -0.4 is 5.32 Å². The maximum Gasteiger partial charge on any atom is 0.410 e. The van der Waals surface area contributed by atoms with Gasteiger partial charge in [-0.25, -0.2) is 4.79 Å². The van der Waals surface area contributed by atoms with E-state index in [2.05, 4.69) is 5.32 Å². The molecule has 0 aromatic heterocycles. The Labute approximate surface area is 212 Å². The summed E-state index contributed by atoms with van der Waals surface area (Å²) < 4.78 is 11.3. The maximum atomic E-state index is 13.2. The number of ether oxygens (including phenoxy) is 2. The minimum absolute atomic E-state index is 0.0905. The largest absolute Gasteiger partial charge is 0.444 e. The van der Waals surface area contributed by atoms with E-state index in [-0.39, 0.29) is 24.3 Å². The number of hydrogen-bond acceptors (Lipinski definition) is 9. The van der Waals surface area contributed by atoms with Crippen molar-refractivity contribution in [1.29, 1.82) is 0 Å². The first-order valence-corrected chi connectivity index (χ1v) is 13.8.